The molecule has 0 fully saturated rings. The van der Waals surface area contributed by atoms with Crippen LogP contribution in [0.1, 0.15) is 17.5 Å². The Kier molecular flexibility index (Phi) is 4.77. The zero-order valence-corrected chi connectivity index (χ0v) is 11.6. The summed E-state index contributed by atoms with van der Waals surface area (Å²) in [5.41, 5.74) is 3.50. The van der Waals surface area contributed by atoms with E-state index in [0.717, 1.165) is 12.2 Å². The maximum Gasteiger partial charge on any atom is 0.305 e. The van der Waals surface area contributed by atoms with Gasteiger partial charge in [0.2, 0.25) is 0 Å². The molecule has 1 N–H and O–H groups in total. The third-order valence-corrected chi connectivity index (χ3v) is 3.34. The van der Waals surface area contributed by atoms with Gasteiger partial charge in [0.15, 0.2) is 0 Å². The third kappa shape index (κ3) is 3.85. The smallest absolute Gasteiger partial charge is 0.305 e. The molecule has 0 aliphatic carbocycles. The minimum Gasteiger partial charge on any atom is -0.481 e. The maximum absolute atomic E-state index is 10.8. The second-order valence-corrected chi connectivity index (χ2v) is 4.83. The summed E-state index contributed by atoms with van der Waals surface area (Å²) in [6.45, 7) is 3.31. The van der Waals surface area contributed by atoms with Crippen LogP contribution in [0, 0.1) is 6.92 Å². The number of hydrogen-bond donors (Lipinski definition) is 1. The van der Waals surface area contributed by atoms with E-state index in [0.29, 0.717) is 6.54 Å². The van der Waals surface area contributed by atoms with Crippen molar-refractivity contribution < 1.29 is 9.90 Å². The van der Waals surface area contributed by atoms with Gasteiger partial charge in [-0.25, -0.2) is 0 Å². The van der Waals surface area contributed by atoms with Crippen LogP contribution in [0.15, 0.2) is 54.6 Å². The number of benzene rings is 2. The van der Waals surface area contributed by atoms with E-state index in [9.17, 15) is 4.79 Å². The molecule has 2 aromatic carbocycles. The van der Waals surface area contributed by atoms with Crippen LogP contribution in [-0.2, 0) is 11.3 Å². The molecule has 3 heteroatoms. The van der Waals surface area contributed by atoms with E-state index >= 15 is 0 Å². The van der Waals surface area contributed by atoms with Gasteiger partial charge in [0.05, 0.1) is 6.42 Å². The van der Waals surface area contributed by atoms with Crippen LogP contribution in [-0.4, -0.2) is 17.6 Å². The first-order chi connectivity index (χ1) is 9.66. The molecule has 2 rings (SSSR count). The highest BCUT2D eigenvalue weighted by atomic mass is 16.4. The van der Waals surface area contributed by atoms with Crippen LogP contribution in [0.25, 0.3) is 0 Å². The van der Waals surface area contributed by atoms with E-state index in [-0.39, 0.29) is 6.42 Å². The molecule has 0 atom stereocenters. The van der Waals surface area contributed by atoms with Crippen LogP contribution >= 0.6 is 0 Å². The number of hydrogen-bond acceptors (Lipinski definition) is 2. The highest BCUT2D eigenvalue weighted by Crippen LogP contribution is 2.18. The second kappa shape index (κ2) is 6.75. The SMILES string of the molecule is Cc1ccccc1CN(CCC(=O)O)c1ccccc1. The van der Waals surface area contributed by atoms with Gasteiger partial charge in [-0.05, 0) is 30.2 Å². The van der Waals surface area contributed by atoms with E-state index < -0.39 is 5.97 Å². The topological polar surface area (TPSA) is 40.5 Å². The van der Waals surface area contributed by atoms with Gasteiger partial charge in [-0.2, -0.15) is 0 Å². The van der Waals surface area contributed by atoms with E-state index in [1.54, 1.807) is 0 Å². The van der Waals surface area contributed by atoms with Crippen molar-refractivity contribution in [2.75, 3.05) is 11.4 Å². The number of aliphatic carboxylic acids is 1. The molecule has 0 unspecified atom stereocenters. The summed E-state index contributed by atoms with van der Waals surface area (Å²) in [5, 5.41) is 8.90. The van der Waals surface area contributed by atoms with Crippen molar-refractivity contribution in [3.8, 4) is 0 Å². The molecular formula is C17H19NO2. The number of aryl methyl sites for hydroxylation is 1. The first kappa shape index (κ1) is 14.1. The predicted octanol–water partition coefficient (Wildman–Crippen LogP) is 3.48. The molecule has 0 aliphatic heterocycles. The number of nitrogens with zero attached hydrogens (tertiary/aromatic N) is 1. The number of carbonyl (C=O) groups is 1. The Morgan fingerprint density at radius 1 is 1.05 bits per heavy atom. The average Bonchev–Trinajstić information content (AvgIpc) is 2.46. The van der Waals surface area contributed by atoms with Gasteiger partial charge in [-0.15, -0.1) is 0 Å². The van der Waals surface area contributed by atoms with E-state index in [1.165, 1.54) is 11.1 Å². The van der Waals surface area contributed by atoms with Crippen LogP contribution in [0.2, 0.25) is 0 Å². The summed E-state index contributed by atoms with van der Waals surface area (Å²) >= 11 is 0. The van der Waals surface area contributed by atoms with Crippen LogP contribution in [0.5, 0.6) is 0 Å². The lowest BCUT2D eigenvalue weighted by atomic mass is 10.1. The number of carboxylic acid groups (broad SMARTS) is 1. The fraction of sp³-hybridized carbons (Fsp3) is 0.235. The Hall–Kier alpha value is -2.29. The number of carboxylic acids is 1. The number of rotatable bonds is 6. The van der Waals surface area contributed by atoms with Gasteiger partial charge < -0.3 is 10.0 Å². The second-order valence-electron chi connectivity index (χ2n) is 4.83. The summed E-state index contributed by atoms with van der Waals surface area (Å²) in [6, 6.07) is 18.1. The van der Waals surface area contributed by atoms with Gasteiger partial charge >= 0.3 is 5.97 Å². The quantitative estimate of drug-likeness (QED) is 0.872. The highest BCUT2D eigenvalue weighted by Gasteiger charge is 2.10. The summed E-state index contributed by atoms with van der Waals surface area (Å²) in [5.74, 6) is -0.768. The third-order valence-electron chi connectivity index (χ3n) is 3.34. The number of anilines is 1. The summed E-state index contributed by atoms with van der Waals surface area (Å²) in [6.07, 6.45) is 0.140. The van der Waals surface area contributed by atoms with Crippen molar-refractivity contribution in [2.24, 2.45) is 0 Å². The van der Waals surface area contributed by atoms with Crippen molar-refractivity contribution in [1.29, 1.82) is 0 Å². The Morgan fingerprint density at radius 3 is 2.35 bits per heavy atom. The number of para-hydroxylation sites is 1. The molecule has 0 aliphatic rings. The summed E-state index contributed by atoms with van der Waals surface area (Å²) in [7, 11) is 0. The Labute approximate surface area is 119 Å². The van der Waals surface area contributed by atoms with Crippen molar-refractivity contribution in [2.45, 2.75) is 19.9 Å². The Balaban J connectivity index is 2.18. The highest BCUT2D eigenvalue weighted by molar-refractivity contribution is 5.67. The molecule has 2 aromatic rings. The first-order valence-corrected chi connectivity index (χ1v) is 6.73. The van der Waals surface area contributed by atoms with Gasteiger partial charge in [0.1, 0.15) is 0 Å². The van der Waals surface area contributed by atoms with Gasteiger partial charge in [0, 0.05) is 18.8 Å². The fourth-order valence-electron chi connectivity index (χ4n) is 2.16. The predicted molar refractivity (Wildman–Crippen MR) is 80.9 cm³/mol. The lowest BCUT2D eigenvalue weighted by Gasteiger charge is -2.25. The zero-order chi connectivity index (χ0) is 14.4. The first-order valence-electron chi connectivity index (χ1n) is 6.73. The minimum atomic E-state index is -0.768. The van der Waals surface area contributed by atoms with Crippen LogP contribution < -0.4 is 4.90 Å². The Bertz CT molecular complexity index is 566. The molecule has 0 amide bonds. The van der Waals surface area contributed by atoms with E-state index in [2.05, 4.69) is 24.0 Å². The molecule has 0 heterocycles. The van der Waals surface area contributed by atoms with E-state index in [1.807, 2.05) is 42.5 Å². The van der Waals surface area contributed by atoms with Crippen molar-refractivity contribution in [3.63, 3.8) is 0 Å². The average molecular weight is 269 g/mol. The molecule has 104 valence electrons. The van der Waals surface area contributed by atoms with Gasteiger partial charge in [-0.3, -0.25) is 4.79 Å². The largest absolute Gasteiger partial charge is 0.481 e. The molecule has 0 aromatic heterocycles. The molecule has 3 nitrogen and oxygen atoms in total. The van der Waals surface area contributed by atoms with Crippen LogP contribution in [0.4, 0.5) is 5.69 Å². The zero-order valence-electron chi connectivity index (χ0n) is 11.6. The molecule has 0 spiro atoms. The normalized spacial score (nSPS) is 10.2. The Morgan fingerprint density at radius 2 is 1.70 bits per heavy atom. The minimum absolute atomic E-state index is 0.140. The molecule has 0 radical (unpaired) electrons. The monoisotopic (exact) mass is 269 g/mol. The molecule has 20 heavy (non-hydrogen) atoms. The van der Waals surface area contributed by atoms with Crippen molar-refractivity contribution in [3.05, 3.63) is 65.7 Å². The lowest BCUT2D eigenvalue weighted by Crippen LogP contribution is -2.26. The molecule has 0 saturated carbocycles. The van der Waals surface area contributed by atoms with Gasteiger partial charge in [-0.1, -0.05) is 42.5 Å². The van der Waals surface area contributed by atoms with Crippen molar-refractivity contribution in [1.82, 2.24) is 0 Å². The standard InChI is InChI=1S/C17H19NO2/c1-14-7-5-6-8-15(14)13-18(12-11-17(19)20)16-9-3-2-4-10-16/h2-10H,11-13H2,1H3,(H,19,20). The van der Waals surface area contributed by atoms with Gasteiger partial charge in [0.25, 0.3) is 0 Å². The lowest BCUT2D eigenvalue weighted by molar-refractivity contribution is -0.136. The van der Waals surface area contributed by atoms with Crippen LogP contribution in [0.3, 0.4) is 0 Å². The van der Waals surface area contributed by atoms with E-state index in [4.69, 9.17) is 5.11 Å². The molecular weight excluding hydrogens is 250 g/mol. The maximum atomic E-state index is 10.8. The fourth-order valence-corrected chi connectivity index (χ4v) is 2.16. The molecule has 0 saturated heterocycles. The summed E-state index contributed by atoms with van der Waals surface area (Å²) < 4.78 is 0. The molecule has 0 bridgehead atoms. The summed E-state index contributed by atoms with van der Waals surface area (Å²) in [4.78, 5) is 12.9. The van der Waals surface area contributed by atoms with Crippen molar-refractivity contribution >= 4 is 11.7 Å².